The molecule has 3 nitrogen and oxygen atoms in total. The SMILES string of the molecule is O=C(O)Cc1ccc(CN2CCCC2)s1. The maximum absolute atomic E-state index is 10.5. The van der Waals surface area contributed by atoms with Crippen LogP contribution in [0.4, 0.5) is 0 Å². The van der Waals surface area contributed by atoms with Gasteiger partial charge in [0.05, 0.1) is 6.42 Å². The van der Waals surface area contributed by atoms with Gasteiger partial charge in [0.25, 0.3) is 0 Å². The fourth-order valence-electron chi connectivity index (χ4n) is 1.91. The highest BCUT2D eigenvalue weighted by atomic mass is 32.1. The van der Waals surface area contributed by atoms with Crippen LogP contribution in [0.2, 0.25) is 0 Å². The van der Waals surface area contributed by atoms with Crippen molar-refractivity contribution in [2.45, 2.75) is 25.8 Å². The van der Waals surface area contributed by atoms with Crippen LogP contribution in [0.3, 0.4) is 0 Å². The summed E-state index contributed by atoms with van der Waals surface area (Å²) in [6.07, 6.45) is 2.76. The summed E-state index contributed by atoms with van der Waals surface area (Å²) in [5, 5.41) is 8.66. The van der Waals surface area contributed by atoms with Gasteiger partial charge in [-0.05, 0) is 38.1 Å². The molecule has 1 aromatic heterocycles. The van der Waals surface area contributed by atoms with Crippen molar-refractivity contribution in [2.75, 3.05) is 13.1 Å². The predicted octanol–water partition coefficient (Wildman–Crippen LogP) is 1.97. The smallest absolute Gasteiger partial charge is 0.308 e. The summed E-state index contributed by atoms with van der Waals surface area (Å²) in [5.41, 5.74) is 0. The highest BCUT2D eigenvalue weighted by molar-refractivity contribution is 7.12. The van der Waals surface area contributed by atoms with Gasteiger partial charge < -0.3 is 5.11 Å². The molecule has 0 aliphatic carbocycles. The zero-order chi connectivity index (χ0) is 10.7. The van der Waals surface area contributed by atoms with Gasteiger partial charge in [-0.3, -0.25) is 9.69 Å². The Hall–Kier alpha value is -0.870. The zero-order valence-electron chi connectivity index (χ0n) is 8.61. The second-order valence-corrected chi connectivity index (χ2v) is 5.17. The number of hydrogen-bond donors (Lipinski definition) is 1. The molecule has 0 amide bonds. The van der Waals surface area contributed by atoms with E-state index in [1.165, 1.54) is 30.8 Å². The normalized spacial score (nSPS) is 17.1. The summed E-state index contributed by atoms with van der Waals surface area (Å²) in [7, 11) is 0. The van der Waals surface area contributed by atoms with Gasteiger partial charge in [0.1, 0.15) is 0 Å². The number of thiophene rings is 1. The van der Waals surface area contributed by atoms with E-state index in [1.54, 1.807) is 11.3 Å². The van der Waals surface area contributed by atoms with Crippen molar-refractivity contribution >= 4 is 17.3 Å². The molecular weight excluding hydrogens is 210 g/mol. The maximum Gasteiger partial charge on any atom is 0.308 e. The minimum atomic E-state index is -0.746. The fraction of sp³-hybridized carbons (Fsp3) is 0.545. The lowest BCUT2D eigenvalue weighted by atomic mass is 10.3. The second kappa shape index (κ2) is 4.77. The Bertz CT molecular complexity index is 342. The molecule has 0 saturated carbocycles. The molecular formula is C11H15NO2S. The van der Waals surface area contributed by atoms with Crippen molar-refractivity contribution in [1.29, 1.82) is 0 Å². The van der Waals surface area contributed by atoms with E-state index in [2.05, 4.69) is 11.0 Å². The Morgan fingerprint density at radius 3 is 2.67 bits per heavy atom. The number of aliphatic carboxylic acids is 1. The number of carbonyl (C=O) groups is 1. The first-order chi connectivity index (χ1) is 7.24. The highest BCUT2D eigenvalue weighted by Gasteiger charge is 2.13. The number of hydrogen-bond acceptors (Lipinski definition) is 3. The number of carboxylic acids is 1. The Morgan fingerprint density at radius 1 is 1.33 bits per heavy atom. The van der Waals surface area contributed by atoms with Gasteiger partial charge in [0.2, 0.25) is 0 Å². The molecule has 1 aliphatic rings. The molecule has 0 unspecified atom stereocenters. The second-order valence-electron chi connectivity index (χ2n) is 3.92. The van der Waals surface area contributed by atoms with E-state index in [-0.39, 0.29) is 6.42 Å². The molecule has 0 radical (unpaired) electrons. The van der Waals surface area contributed by atoms with Crippen molar-refractivity contribution < 1.29 is 9.90 Å². The number of nitrogens with zero attached hydrogens (tertiary/aromatic N) is 1. The molecule has 1 N–H and O–H groups in total. The zero-order valence-corrected chi connectivity index (χ0v) is 9.42. The molecule has 1 fully saturated rings. The topological polar surface area (TPSA) is 40.5 Å². The fourth-order valence-corrected chi connectivity index (χ4v) is 2.96. The lowest BCUT2D eigenvalue weighted by molar-refractivity contribution is -0.136. The molecule has 1 saturated heterocycles. The molecule has 1 aliphatic heterocycles. The monoisotopic (exact) mass is 225 g/mol. The van der Waals surface area contributed by atoms with Crippen LogP contribution in [0.5, 0.6) is 0 Å². The van der Waals surface area contributed by atoms with Gasteiger partial charge in [-0.1, -0.05) is 0 Å². The van der Waals surface area contributed by atoms with Crippen LogP contribution in [-0.2, 0) is 17.8 Å². The van der Waals surface area contributed by atoms with E-state index in [9.17, 15) is 4.79 Å². The number of likely N-dealkylation sites (tertiary alicyclic amines) is 1. The Labute approximate surface area is 93.3 Å². The van der Waals surface area contributed by atoms with Crippen LogP contribution < -0.4 is 0 Å². The highest BCUT2D eigenvalue weighted by Crippen LogP contribution is 2.20. The van der Waals surface area contributed by atoms with E-state index in [0.717, 1.165) is 11.4 Å². The van der Waals surface area contributed by atoms with Crippen molar-refractivity contribution in [1.82, 2.24) is 4.90 Å². The molecule has 0 aromatic carbocycles. The summed E-state index contributed by atoms with van der Waals surface area (Å²) in [6.45, 7) is 3.36. The Balaban J connectivity index is 1.91. The average Bonchev–Trinajstić information content (AvgIpc) is 2.77. The van der Waals surface area contributed by atoms with E-state index in [0.29, 0.717) is 0 Å². The van der Waals surface area contributed by atoms with Crippen LogP contribution in [0.1, 0.15) is 22.6 Å². The first-order valence-electron chi connectivity index (χ1n) is 5.26. The van der Waals surface area contributed by atoms with Gasteiger partial charge in [-0.2, -0.15) is 0 Å². The van der Waals surface area contributed by atoms with Crippen molar-refractivity contribution in [3.63, 3.8) is 0 Å². The molecule has 15 heavy (non-hydrogen) atoms. The third-order valence-corrected chi connectivity index (χ3v) is 3.69. The molecule has 0 spiro atoms. The van der Waals surface area contributed by atoms with Crippen LogP contribution in [0.25, 0.3) is 0 Å². The van der Waals surface area contributed by atoms with Crippen LogP contribution in [0, 0.1) is 0 Å². The first kappa shape index (κ1) is 10.6. The molecule has 1 aromatic rings. The Kier molecular flexibility index (Phi) is 3.38. The van der Waals surface area contributed by atoms with Gasteiger partial charge in [-0.25, -0.2) is 0 Å². The molecule has 2 rings (SSSR count). The largest absolute Gasteiger partial charge is 0.481 e. The first-order valence-corrected chi connectivity index (χ1v) is 6.07. The van der Waals surface area contributed by atoms with Crippen LogP contribution in [-0.4, -0.2) is 29.1 Å². The van der Waals surface area contributed by atoms with Gasteiger partial charge in [0.15, 0.2) is 0 Å². The lowest BCUT2D eigenvalue weighted by Crippen LogP contribution is -2.17. The number of rotatable bonds is 4. The van der Waals surface area contributed by atoms with Gasteiger partial charge in [0, 0.05) is 16.3 Å². The van der Waals surface area contributed by atoms with Gasteiger partial charge >= 0.3 is 5.97 Å². The quantitative estimate of drug-likeness (QED) is 0.851. The summed E-state index contributed by atoms with van der Waals surface area (Å²) in [5.74, 6) is -0.746. The van der Waals surface area contributed by atoms with Crippen LogP contribution in [0.15, 0.2) is 12.1 Å². The minimum absolute atomic E-state index is 0.157. The maximum atomic E-state index is 10.5. The van der Waals surface area contributed by atoms with Crippen LogP contribution >= 0.6 is 11.3 Å². The van der Waals surface area contributed by atoms with Crippen molar-refractivity contribution in [3.05, 3.63) is 21.9 Å². The summed E-state index contributed by atoms with van der Waals surface area (Å²) < 4.78 is 0. The molecule has 0 bridgehead atoms. The van der Waals surface area contributed by atoms with Crippen molar-refractivity contribution in [3.8, 4) is 0 Å². The van der Waals surface area contributed by atoms with E-state index < -0.39 is 5.97 Å². The third-order valence-electron chi connectivity index (χ3n) is 2.62. The molecule has 2 heterocycles. The predicted molar refractivity (Wildman–Crippen MR) is 60.2 cm³/mol. The third kappa shape index (κ3) is 3.04. The van der Waals surface area contributed by atoms with Gasteiger partial charge in [-0.15, -0.1) is 11.3 Å². The van der Waals surface area contributed by atoms with Crippen molar-refractivity contribution in [2.24, 2.45) is 0 Å². The number of carboxylic acid groups (broad SMARTS) is 1. The summed E-state index contributed by atoms with van der Waals surface area (Å²) in [4.78, 5) is 15.2. The minimum Gasteiger partial charge on any atom is -0.481 e. The summed E-state index contributed by atoms with van der Waals surface area (Å²) in [6, 6.07) is 3.99. The standard InChI is InChI=1S/C11H15NO2S/c13-11(14)7-9-3-4-10(15-9)8-12-5-1-2-6-12/h3-4H,1-2,5-8H2,(H,13,14). The van der Waals surface area contributed by atoms with E-state index in [4.69, 9.17) is 5.11 Å². The molecule has 82 valence electrons. The Morgan fingerprint density at radius 2 is 2.00 bits per heavy atom. The average molecular weight is 225 g/mol. The van der Waals surface area contributed by atoms with E-state index in [1.807, 2.05) is 6.07 Å². The molecule has 4 heteroatoms. The lowest BCUT2D eigenvalue weighted by Gasteiger charge is -2.12. The molecule has 0 atom stereocenters. The van der Waals surface area contributed by atoms with E-state index >= 15 is 0 Å². The summed E-state index contributed by atoms with van der Waals surface area (Å²) >= 11 is 1.63.